The molecule has 1 amide bonds. The van der Waals surface area contributed by atoms with Gasteiger partial charge in [0.1, 0.15) is 31.0 Å². The van der Waals surface area contributed by atoms with Gasteiger partial charge in [-0.25, -0.2) is 4.98 Å². The van der Waals surface area contributed by atoms with E-state index in [0.717, 1.165) is 107 Å². The molecule has 1 fully saturated rings. The Bertz CT molecular complexity index is 2480. The molecule has 4 aromatic rings. The fraction of sp³-hybridized carbons (Fsp3) is 0.531. The molecule has 0 saturated carbocycles. The number of nitrogens with zero attached hydrogens (tertiary/aromatic N) is 2. The summed E-state index contributed by atoms with van der Waals surface area (Å²) in [7, 11) is 0. The minimum atomic E-state index is -1.59. The number of carbonyl (C=O) groups excluding carboxylic acids is 1. The van der Waals surface area contributed by atoms with Gasteiger partial charge in [0, 0.05) is 32.9 Å². The zero-order chi connectivity index (χ0) is 43.7. The van der Waals surface area contributed by atoms with E-state index in [1.54, 1.807) is 0 Å². The second-order valence-electron chi connectivity index (χ2n) is 16.6. The van der Waals surface area contributed by atoms with Gasteiger partial charge in [-0.2, -0.15) is 0 Å². The molecule has 7 rings (SSSR count). The van der Waals surface area contributed by atoms with Crippen LogP contribution in [0.1, 0.15) is 132 Å². The van der Waals surface area contributed by atoms with Crippen molar-refractivity contribution in [3.8, 4) is 0 Å². The molecule has 61 heavy (non-hydrogen) atoms. The van der Waals surface area contributed by atoms with E-state index in [-0.39, 0.29) is 13.2 Å². The zero-order valence-corrected chi connectivity index (χ0v) is 37.2. The standard InChI is InChI=1S/C49H65N5O7/c1-9-27-28(10-2)36-22-37-31(13-5)32(14-6)43(52-37)33-18-17-26(19-20-60-25-41(56)54-48-47(59)46(58)45(57)39(24-55)61-48)42-44(33)53-40(49(42,15-7)16-8)23-38-30(12-4)29(11-3)35(51-38)21-34(27)50-36/h17-18,21-23,39,45-48,50-51,55,57-59H,9-16,19-20,24-25H2,1-8H3,(H,54,56)/t39-,45+,46+,47-,48-/m1/s1. The van der Waals surface area contributed by atoms with Gasteiger partial charge < -0.3 is 45.2 Å². The van der Waals surface area contributed by atoms with Gasteiger partial charge >= 0.3 is 0 Å². The maximum absolute atomic E-state index is 13.0. The number of aromatic nitrogens is 4. The number of carbonyl (C=O) groups is 1. The lowest BCUT2D eigenvalue weighted by Gasteiger charge is -2.40. The summed E-state index contributed by atoms with van der Waals surface area (Å²) in [5.41, 5.74) is 18.1. The molecular formula is C49H65N5O7. The SMILES string of the molecule is CCC1=C(CC)c2nc1cc1[nH]c(cc3[nH]c(cc4nc5c(c(CCOCC(=O)N[C@@H]6O[C@H](CO)[C@H](O)[C@H](O)[C@H]6O)ccc25)C4(CC)CC)c(CC)c3CC)c(CC)c1CC. The third kappa shape index (κ3) is 7.74. The molecule has 0 unspecified atom stereocenters. The first-order valence-electron chi connectivity index (χ1n) is 22.6. The fourth-order valence-electron chi connectivity index (χ4n) is 10.4. The molecule has 1 saturated heterocycles. The Labute approximate surface area is 358 Å². The van der Waals surface area contributed by atoms with E-state index in [0.29, 0.717) is 6.42 Å². The van der Waals surface area contributed by atoms with Crippen LogP contribution in [-0.2, 0) is 51.8 Å². The van der Waals surface area contributed by atoms with Gasteiger partial charge in [-0.15, -0.1) is 0 Å². The number of ether oxygens (including phenoxy) is 2. The van der Waals surface area contributed by atoms with Crippen LogP contribution in [0.25, 0.3) is 44.1 Å². The van der Waals surface area contributed by atoms with Crippen molar-refractivity contribution in [3.05, 3.63) is 80.8 Å². The average Bonchev–Trinajstić information content (AvgIpc) is 4.00. The Kier molecular flexibility index (Phi) is 13.5. The molecule has 1 aromatic carbocycles. The van der Waals surface area contributed by atoms with E-state index in [4.69, 9.17) is 19.4 Å². The quantitative estimate of drug-likeness (QED) is 0.0618. The van der Waals surface area contributed by atoms with Gasteiger partial charge in [-0.05, 0) is 121 Å². The van der Waals surface area contributed by atoms with Crippen LogP contribution in [0.3, 0.4) is 0 Å². The highest BCUT2D eigenvalue weighted by Gasteiger charge is 2.44. The van der Waals surface area contributed by atoms with Crippen LogP contribution in [0.2, 0.25) is 0 Å². The third-order valence-electron chi connectivity index (χ3n) is 13.6. The lowest BCUT2D eigenvalue weighted by atomic mass is 9.72. The minimum absolute atomic E-state index is 0.234. The predicted molar refractivity (Wildman–Crippen MR) is 241 cm³/mol. The summed E-state index contributed by atoms with van der Waals surface area (Å²) in [5.74, 6) is -0.563. The number of aromatic amines is 2. The van der Waals surface area contributed by atoms with Crippen molar-refractivity contribution in [2.75, 3.05) is 19.8 Å². The van der Waals surface area contributed by atoms with Crippen molar-refractivity contribution in [2.24, 2.45) is 0 Å². The number of nitrogens with one attached hydrogen (secondary N) is 3. The Morgan fingerprint density at radius 2 is 1.34 bits per heavy atom. The number of hydrogen-bond acceptors (Lipinski definition) is 9. The average molecular weight is 836 g/mol. The smallest absolute Gasteiger partial charge is 0.248 e. The molecule has 3 aromatic heterocycles. The van der Waals surface area contributed by atoms with E-state index in [1.807, 2.05) is 0 Å². The molecular weight excluding hydrogens is 771 g/mol. The molecule has 7 N–H and O–H groups in total. The van der Waals surface area contributed by atoms with Gasteiger partial charge in [0.15, 0.2) is 6.23 Å². The Balaban J connectivity index is 1.38. The van der Waals surface area contributed by atoms with Crippen molar-refractivity contribution < 1.29 is 34.7 Å². The lowest BCUT2D eigenvalue weighted by molar-refractivity contribution is -0.236. The molecule has 0 aliphatic carbocycles. The summed E-state index contributed by atoms with van der Waals surface area (Å²) >= 11 is 0. The van der Waals surface area contributed by atoms with Crippen LogP contribution in [0, 0.1) is 0 Å². The highest BCUT2D eigenvalue weighted by Crippen LogP contribution is 2.48. The predicted octanol–water partition coefficient (Wildman–Crippen LogP) is 7.03. The molecule has 3 aliphatic heterocycles. The second-order valence-corrected chi connectivity index (χ2v) is 16.6. The second kappa shape index (κ2) is 18.5. The third-order valence-corrected chi connectivity index (χ3v) is 13.6. The van der Waals surface area contributed by atoms with Gasteiger partial charge in [0.05, 0.1) is 35.8 Å². The van der Waals surface area contributed by atoms with E-state index >= 15 is 0 Å². The van der Waals surface area contributed by atoms with Gasteiger partial charge in [0.2, 0.25) is 5.91 Å². The number of H-pyrrole nitrogens is 2. The monoisotopic (exact) mass is 835 g/mol. The maximum atomic E-state index is 13.0. The molecule has 8 bridgehead atoms. The Morgan fingerprint density at radius 1 is 0.754 bits per heavy atom. The van der Waals surface area contributed by atoms with Crippen LogP contribution in [0.4, 0.5) is 0 Å². The highest BCUT2D eigenvalue weighted by molar-refractivity contribution is 6.02. The zero-order valence-electron chi connectivity index (χ0n) is 37.2. The van der Waals surface area contributed by atoms with Crippen LogP contribution in [0.15, 0.2) is 30.3 Å². The molecule has 5 atom stereocenters. The van der Waals surface area contributed by atoms with Crippen LogP contribution >= 0.6 is 0 Å². The normalized spacial score (nSPS) is 21.2. The number of fused-ring (bicyclic) bond motifs is 8. The number of amides is 1. The fourth-order valence-corrected chi connectivity index (χ4v) is 10.4. The van der Waals surface area contributed by atoms with E-state index in [2.05, 4.69) is 101 Å². The molecule has 12 heteroatoms. The Hall–Kier alpha value is -4.43. The van der Waals surface area contributed by atoms with E-state index in [1.165, 1.54) is 39.0 Å². The first-order chi connectivity index (χ1) is 29.5. The number of aliphatic hydroxyl groups is 4. The van der Waals surface area contributed by atoms with Crippen molar-refractivity contribution in [1.82, 2.24) is 25.3 Å². The van der Waals surface area contributed by atoms with Crippen LogP contribution < -0.4 is 5.32 Å². The molecule has 328 valence electrons. The molecule has 0 spiro atoms. The first kappa shape index (κ1) is 44.6. The molecule has 12 nitrogen and oxygen atoms in total. The number of benzene rings is 1. The number of rotatable bonds is 15. The molecule has 6 heterocycles. The lowest BCUT2D eigenvalue weighted by Crippen LogP contribution is -2.63. The van der Waals surface area contributed by atoms with Crippen molar-refractivity contribution in [1.29, 1.82) is 0 Å². The maximum Gasteiger partial charge on any atom is 0.248 e. The van der Waals surface area contributed by atoms with E-state index < -0.39 is 48.6 Å². The number of aliphatic hydroxyl groups excluding tert-OH is 4. The summed E-state index contributed by atoms with van der Waals surface area (Å²) < 4.78 is 11.4. The number of hydrogen-bond donors (Lipinski definition) is 7. The summed E-state index contributed by atoms with van der Waals surface area (Å²) in [6.45, 7) is 17.2. The summed E-state index contributed by atoms with van der Waals surface area (Å²) in [6.07, 6.45) is 0.341. The Morgan fingerprint density at radius 3 is 1.90 bits per heavy atom. The number of allylic oxidation sites excluding steroid dienone is 2. The largest absolute Gasteiger partial charge is 0.394 e. The van der Waals surface area contributed by atoms with Crippen molar-refractivity contribution in [2.45, 2.75) is 149 Å². The summed E-state index contributed by atoms with van der Waals surface area (Å²) in [4.78, 5) is 31.9. The first-order valence-corrected chi connectivity index (χ1v) is 22.6. The van der Waals surface area contributed by atoms with Gasteiger partial charge in [-0.3, -0.25) is 9.78 Å². The molecule has 3 aliphatic rings. The van der Waals surface area contributed by atoms with Crippen LogP contribution in [-0.4, -0.2) is 96.7 Å². The minimum Gasteiger partial charge on any atom is -0.394 e. The molecule has 0 radical (unpaired) electrons. The van der Waals surface area contributed by atoms with Crippen molar-refractivity contribution in [3.63, 3.8) is 0 Å². The summed E-state index contributed by atoms with van der Waals surface area (Å²) in [5, 5.41) is 43.8. The van der Waals surface area contributed by atoms with Crippen LogP contribution in [0.5, 0.6) is 0 Å². The van der Waals surface area contributed by atoms with Crippen molar-refractivity contribution >= 4 is 50.0 Å². The van der Waals surface area contributed by atoms with Gasteiger partial charge in [-0.1, -0.05) is 67.5 Å². The van der Waals surface area contributed by atoms with Gasteiger partial charge in [0.25, 0.3) is 0 Å². The van der Waals surface area contributed by atoms with E-state index in [9.17, 15) is 25.2 Å². The number of aryl methyl sites for hydroxylation is 4. The highest BCUT2D eigenvalue weighted by atomic mass is 16.6. The summed E-state index contributed by atoms with van der Waals surface area (Å²) in [6, 6.07) is 11.2. The topological polar surface area (TPSA) is 186 Å².